The van der Waals surface area contributed by atoms with Crippen molar-refractivity contribution in [2.24, 2.45) is 0 Å². The molecule has 13 heavy (non-hydrogen) atoms. The van der Waals surface area contributed by atoms with E-state index in [0.717, 1.165) is 6.08 Å². The molecule has 6 nitrogen and oxygen atoms in total. The average molecular weight is 189 g/mol. The Kier molecular flexibility index (Phi) is 9.31. The fourth-order valence-corrected chi connectivity index (χ4v) is 0.261. The third kappa shape index (κ3) is 10.5. The highest BCUT2D eigenvalue weighted by atomic mass is 16.6. The standard InChI is InChI=1S/C6H10O4.CHNO/c1-4(2)6(9)10-5(8)3-7;2-1-3/h5,7-8H,1,3H2,2H3;2H. The van der Waals surface area contributed by atoms with Gasteiger partial charge in [-0.1, -0.05) is 6.58 Å². The molecule has 0 bridgehead atoms. The number of rotatable bonds is 3. The first-order valence-electron chi connectivity index (χ1n) is 3.18. The number of hydrogen-bond donors (Lipinski definition) is 3. The van der Waals surface area contributed by atoms with E-state index in [-0.39, 0.29) is 5.57 Å². The van der Waals surface area contributed by atoms with Gasteiger partial charge in [-0.3, -0.25) is 0 Å². The molecule has 0 fully saturated rings. The Bertz CT molecular complexity index is 207. The van der Waals surface area contributed by atoms with Gasteiger partial charge >= 0.3 is 5.97 Å². The molecule has 0 aromatic carbocycles. The van der Waals surface area contributed by atoms with Gasteiger partial charge in [0, 0.05) is 5.57 Å². The second-order valence-electron chi connectivity index (χ2n) is 1.92. The largest absolute Gasteiger partial charge is 0.430 e. The van der Waals surface area contributed by atoms with Crippen LogP contribution in [0.2, 0.25) is 0 Å². The number of isocyanates is 1. The number of carbonyl (C=O) groups is 1. The topological polar surface area (TPSA) is 108 Å². The predicted molar refractivity (Wildman–Crippen MR) is 42.4 cm³/mol. The van der Waals surface area contributed by atoms with Gasteiger partial charge in [-0.2, -0.15) is 0 Å². The summed E-state index contributed by atoms with van der Waals surface area (Å²) in [5, 5.41) is 22.2. The molecule has 0 saturated carbocycles. The van der Waals surface area contributed by atoms with E-state index in [9.17, 15) is 4.79 Å². The van der Waals surface area contributed by atoms with Gasteiger partial charge < -0.3 is 14.9 Å². The summed E-state index contributed by atoms with van der Waals surface area (Å²) in [5.74, 6) is -0.707. The highest BCUT2D eigenvalue weighted by Crippen LogP contribution is 1.94. The van der Waals surface area contributed by atoms with Crippen LogP contribution in [-0.2, 0) is 14.3 Å². The summed E-state index contributed by atoms with van der Waals surface area (Å²) in [6.07, 6.45) is -0.691. The zero-order valence-electron chi connectivity index (χ0n) is 7.11. The first-order chi connectivity index (χ1) is 5.99. The molecule has 1 unspecified atom stereocenters. The third-order valence-corrected chi connectivity index (χ3v) is 0.748. The van der Waals surface area contributed by atoms with Gasteiger partial charge in [0.1, 0.15) is 6.61 Å². The molecule has 0 aliphatic carbocycles. The average Bonchev–Trinajstić information content (AvgIpc) is 2.05. The zero-order valence-corrected chi connectivity index (χ0v) is 7.11. The number of aliphatic hydroxyl groups is 2. The molecule has 3 N–H and O–H groups in total. The zero-order chi connectivity index (χ0) is 10.9. The van der Waals surface area contributed by atoms with Crippen LogP contribution in [-0.4, -0.2) is 35.2 Å². The van der Waals surface area contributed by atoms with Gasteiger partial charge in [0.15, 0.2) is 0 Å². The number of aliphatic hydroxyl groups excluding tert-OH is 2. The van der Waals surface area contributed by atoms with Crippen molar-refractivity contribution in [3.05, 3.63) is 12.2 Å². The second kappa shape index (κ2) is 8.61. The minimum Gasteiger partial charge on any atom is -0.430 e. The first-order valence-corrected chi connectivity index (χ1v) is 3.18. The summed E-state index contributed by atoms with van der Waals surface area (Å²) in [6.45, 7) is 4.13. The molecule has 6 heteroatoms. The van der Waals surface area contributed by atoms with Crippen LogP contribution in [0.4, 0.5) is 0 Å². The van der Waals surface area contributed by atoms with Gasteiger partial charge in [-0.05, 0) is 6.92 Å². The van der Waals surface area contributed by atoms with Crippen LogP contribution in [0, 0.1) is 5.41 Å². The Labute approximate surface area is 75.0 Å². The molecule has 1 atom stereocenters. The van der Waals surface area contributed by atoms with Crippen molar-refractivity contribution in [3.8, 4) is 0 Å². The second-order valence-corrected chi connectivity index (χ2v) is 1.92. The van der Waals surface area contributed by atoms with Gasteiger partial charge in [0.05, 0.1) is 0 Å². The van der Waals surface area contributed by atoms with Crippen molar-refractivity contribution in [1.29, 1.82) is 5.41 Å². The molecule has 0 heterocycles. The lowest BCUT2D eigenvalue weighted by molar-refractivity contribution is -0.168. The van der Waals surface area contributed by atoms with Gasteiger partial charge in [-0.15, -0.1) is 0 Å². The molecule has 0 aliphatic rings. The normalized spacial score (nSPS) is 10.1. The molecule has 0 amide bonds. The molecule has 0 aromatic rings. The van der Waals surface area contributed by atoms with Crippen LogP contribution in [0.5, 0.6) is 0 Å². The minimum atomic E-state index is -1.44. The summed E-state index contributed by atoms with van der Waals surface area (Å²) in [6, 6.07) is 0. The van der Waals surface area contributed by atoms with Crippen molar-refractivity contribution < 1.29 is 24.5 Å². The molecule has 0 rings (SSSR count). The molecular weight excluding hydrogens is 178 g/mol. The van der Waals surface area contributed by atoms with E-state index in [0.29, 0.717) is 0 Å². The third-order valence-electron chi connectivity index (χ3n) is 0.748. The highest BCUT2D eigenvalue weighted by Gasteiger charge is 2.08. The maximum absolute atomic E-state index is 10.5. The van der Waals surface area contributed by atoms with E-state index in [1.54, 1.807) is 0 Å². The summed E-state index contributed by atoms with van der Waals surface area (Å²) in [7, 11) is 0. The summed E-state index contributed by atoms with van der Waals surface area (Å²) >= 11 is 0. The lowest BCUT2D eigenvalue weighted by atomic mass is 10.4. The Morgan fingerprint density at radius 2 is 2.15 bits per heavy atom. The maximum atomic E-state index is 10.5. The van der Waals surface area contributed by atoms with Crippen LogP contribution in [0.25, 0.3) is 0 Å². The number of nitrogens with one attached hydrogen (secondary N) is 1. The summed E-state index contributed by atoms with van der Waals surface area (Å²) in [5.41, 5.74) is 0.188. The van der Waals surface area contributed by atoms with Crippen LogP contribution in [0.3, 0.4) is 0 Å². The lowest BCUT2D eigenvalue weighted by Crippen LogP contribution is -2.21. The van der Waals surface area contributed by atoms with Crippen LogP contribution < -0.4 is 0 Å². The van der Waals surface area contributed by atoms with Gasteiger partial charge in [0.25, 0.3) is 0 Å². The number of hydrogen-bond acceptors (Lipinski definition) is 6. The summed E-state index contributed by atoms with van der Waals surface area (Å²) in [4.78, 5) is 18.9. The smallest absolute Gasteiger partial charge is 0.335 e. The van der Waals surface area contributed by atoms with Crippen molar-refractivity contribution in [3.63, 3.8) is 0 Å². The van der Waals surface area contributed by atoms with Crippen LogP contribution >= 0.6 is 0 Å². The minimum absolute atomic E-state index is 0.188. The Morgan fingerprint density at radius 3 is 2.38 bits per heavy atom. The number of carbonyl (C=O) groups excluding carboxylic acids is 2. The molecule has 0 spiro atoms. The Morgan fingerprint density at radius 1 is 1.77 bits per heavy atom. The molecule has 0 radical (unpaired) electrons. The monoisotopic (exact) mass is 189 g/mol. The molecule has 74 valence electrons. The van der Waals surface area contributed by atoms with Crippen molar-refractivity contribution in [2.45, 2.75) is 13.2 Å². The quantitative estimate of drug-likeness (QED) is 0.179. The van der Waals surface area contributed by atoms with Crippen LogP contribution in [0.15, 0.2) is 12.2 Å². The molecular formula is C7H11NO5. The van der Waals surface area contributed by atoms with Crippen molar-refractivity contribution >= 4 is 12.0 Å². The fourth-order valence-electron chi connectivity index (χ4n) is 0.261. The SMILES string of the molecule is C=C(C)C(=O)OC(O)CO.N=C=O. The maximum Gasteiger partial charge on any atom is 0.335 e. The molecule has 0 aliphatic heterocycles. The van der Waals surface area contributed by atoms with E-state index in [4.69, 9.17) is 20.4 Å². The number of esters is 1. The van der Waals surface area contributed by atoms with E-state index in [1.807, 2.05) is 0 Å². The van der Waals surface area contributed by atoms with E-state index < -0.39 is 18.9 Å². The predicted octanol–water partition coefficient (Wildman–Crippen LogP) is -0.683. The van der Waals surface area contributed by atoms with E-state index >= 15 is 0 Å². The highest BCUT2D eigenvalue weighted by molar-refractivity contribution is 5.86. The molecule has 0 aromatic heterocycles. The molecule has 0 saturated heterocycles. The van der Waals surface area contributed by atoms with Crippen molar-refractivity contribution in [2.75, 3.05) is 6.61 Å². The lowest BCUT2D eigenvalue weighted by Gasteiger charge is -2.07. The summed E-state index contributed by atoms with van der Waals surface area (Å²) < 4.78 is 4.23. The Hall–Kier alpha value is -1.49. The fraction of sp³-hybridized carbons (Fsp3) is 0.429. The van der Waals surface area contributed by atoms with E-state index in [1.165, 1.54) is 6.92 Å². The van der Waals surface area contributed by atoms with Crippen LogP contribution in [0.1, 0.15) is 6.92 Å². The number of ether oxygens (including phenoxy) is 1. The van der Waals surface area contributed by atoms with Crippen molar-refractivity contribution in [1.82, 2.24) is 0 Å². The van der Waals surface area contributed by atoms with Gasteiger partial charge in [-0.25, -0.2) is 15.0 Å². The Balaban J connectivity index is 0. The first kappa shape index (κ1) is 14.1. The van der Waals surface area contributed by atoms with Gasteiger partial charge in [0.2, 0.25) is 12.4 Å². The van der Waals surface area contributed by atoms with E-state index in [2.05, 4.69) is 11.3 Å².